The van der Waals surface area contributed by atoms with Crippen molar-refractivity contribution >= 4 is 29.5 Å². The number of amides is 1. The number of carbonyl (C=O) groups is 2. The topological polar surface area (TPSA) is 141 Å². The second kappa shape index (κ2) is 10.4. The van der Waals surface area contributed by atoms with Gasteiger partial charge in [-0.25, -0.2) is 5.43 Å². The molecule has 0 aliphatic heterocycles. The summed E-state index contributed by atoms with van der Waals surface area (Å²) in [6.45, 7) is 1.06. The molecule has 0 bridgehead atoms. The molecule has 0 radical (unpaired) electrons. The predicted molar refractivity (Wildman–Crippen MR) is 108 cm³/mol. The monoisotopic (exact) mass is 416 g/mol. The van der Waals surface area contributed by atoms with Gasteiger partial charge in [-0.1, -0.05) is 12.1 Å². The molecule has 0 unspecified atom stereocenters. The van der Waals surface area contributed by atoms with Crippen molar-refractivity contribution in [3.63, 3.8) is 0 Å². The number of benzene rings is 2. The van der Waals surface area contributed by atoms with Gasteiger partial charge in [0.15, 0.2) is 5.75 Å². The van der Waals surface area contributed by atoms with Gasteiger partial charge in [0, 0.05) is 6.92 Å². The molecular formula is C19H20N4O7. The molecule has 0 aliphatic rings. The van der Waals surface area contributed by atoms with Crippen molar-refractivity contribution in [1.29, 1.82) is 0 Å². The molecule has 0 aromatic heterocycles. The molecule has 0 aliphatic carbocycles. The van der Waals surface area contributed by atoms with Crippen LogP contribution >= 0.6 is 0 Å². The van der Waals surface area contributed by atoms with E-state index in [4.69, 9.17) is 14.2 Å². The van der Waals surface area contributed by atoms with Crippen molar-refractivity contribution in [2.24, 2.45) is 5.10 Å². The summed E-state index contributed by atoms with van der Waals surface area (Å²) in [7, 11) is 2.72. The van der Waals surface area contributed by atoms with Crippen LogP contribution < -0.4 is 25.0 Å². The lowest BCUT2D eigenvalue weighted by Crippen LogP contribution is -2.26. The first-order chi connectivity index (χ1) is 14.4. The fourth-order valence-electron chi connectivity index (χ4n) is 2.47. The van der Waals surface area contributed by atoms with Gasteiger partial charge in [-0.2, -0.15) is 5.10 Å². The zero-order valence-corrected chi connectivity index (χ0v) is 16.5. The quantitative estimate of drug-likeness (QED) is 0.208. The molecule has 0 saturated heterocycles. The molecule has 0 atom stereocenters. The largest absolute Gasteiger partial charge is 0.495 e. The Morgan fingerprint density at radius 1 is 1.13 bits per heavy atom. The lowest BCUT2D eigenvalue weighted by atomic mass is 10.1. The number of methoxy groups -OCH3 is 2. The number of nitrogens with one attached hydrogen (secondary N) is 2. The normalized spacial score (nSPS) is 10.4. The first-order valence-corrected chi connectivity index (χ1v) is 8.60. The Balaban J connectivity index is 2.10. The van der Waals surface area contributed by atoms with Gasteiger partial charge in [0.25, 0.3) is 5.91 Å². The van der Waals surface area contributed by atoms with E-state index in [0.717, 1.165) is 13.1 Å². The maximum absolute atomic E-state index is 12.0. The van der Waals surface area contributed by atoms with Crippen molar-refractivity contribution in [1.82, 2.24) is 5.43 Å². The average molecular weight is 416 g/mol. The third kappa shape index (κ3) is 5.67. The number of hydrogen-bond acceptors (Lipinski definition) is 9. The number of esters is 1. The maximum Gasteiger partial charge on any atom is 0.323 e. The molecular weight excluding hydrogens is 396 g/mol. The van der Waals surface area contributed by atoms with Crippen LogP contribution in [0.1, 0.15) is 12.5 Å². The molecule has 1 amide bonds. The van der Waals surface area contributed by atoms with Crippen molar-refractivity contribution in [2.75, 3.05) is 26.1 Å². The lowest BCUT2D eigenvalue weighted by molar-refractivity contribution is -0.385. The van der Waals surface area contributed by atoms with E-state index in [1.54, 1.807) is 24.3 Å². The molecule has 11 nitrogen and oxygen atoms in total. The van der Waals surface area contributed by atoms with Crippen molar-refractivity contribution < 1.29 is 28.7 Å². The van der Waals surface area contributed by atoms with E-state index in [-0.39, 0.29) is 23.6 Å². The number of nitrogens with zero attached hydrogens (tertiary/aromatic N) is 2. The summed E-state index contributed by atoms with van der Waals surface area (Å²) in [5, 5.41) is 18.1. The third-order valence-corrected chi connectivity index (χ3v) is 3.71. The molecule has 2 N–H and O–H groups in total. The van der Waals surface area contributed by atoms with Crippen LogP contribution in [0.25, 0.3) is 0 Å². The summed E-state index contributed by atoms with van der Waals surface area (Å²) in [5.74, 6) is -0.895. The van der Waals surface area contributed by atoms with Gasteiger partial charge in [0.2, 0.25) is 5.75 Å². The number of rotatable bonds is 9. The van der Waals surface area contributed by atoms with Crippen LogP contribution in [0, 0.1) is 10.1 Å². The number of ether oxygens (including phenoxy) is 3. The summed E-state index contributed by atoms with van der Waals surface area (Å²) < 4.78 is 15.1. The van der Waals surface area contributed by atoms with Gasteiger partial charge < -0.3 is 19.5 Å². The van der Waals surface area contributed by atoms with Gasteiger partial charge in [-0.3, -0.25) is 19.7 Å². The molecule has 2 rings (SSSR count). The van der Waals surface area contributed by atoms with E-state index in [1.165, 1.54) is 26.4 Å². The van der Waals surface area contributed by atoms with Crippen molar-refractivity contribution in [2.45, 2.75) is 6.92 Å². The van der Waals surface area contributed by atoms with E-state index in [0.29, 0.717) is 11.4 Å². The number of carbonyl (C=O) groups excluding carboxylic acids is 2. The summed E-state index contributed by atoms with van der Waals surface area (Å²) >= 11 is 0. The highest BCUT2D eigenvalue weighted by molar-refractivity contribution is 5.90. The zero-order chi connectivity index (χ0) is 22.1. The number of nitro benzene ring substituents is 1. The van der Waals surface area contributed by atoms with Crippen LogP contribution in [0.15, 0.2) is 41.5 Å². The maximum atomic E-state index is 12.0. The Labute approximate surface area is 171 Å². The Morgan fingerprint density at radius 3 is 2.50 bits per heavy atom. The minimum atomic E-state index is -0.696. The van der Waals surface area contributed by atoms with Crippen molar-refractivity contribution in [3.05, 3.63) is 52.1 Å². The van der Waals surface area contributed by atoms with Crippen LogP contribution in [0.2, 0.25) is 0 Å². The second-order valence-electron chi connectivity index (χ2n) is 5.73. The van der Waals surface area contributed by atoms with Crippen molar-refractivity contribution in [3.8, 4) is 17.2 Å². The standard InChI is InChI=1S/C19H20N4O7/c1-12(24)30-16-9-8-13(18(23(26)27)19(16)29-3)10-21-22-17(25)11-20-14-6-4-5-7-15(14)28-2/h4-10,20H,11H2,1-3H3,(H,22,25)/b21-10-. The van der Waals surface area contributed by atoms with E-state index < -0.39 is 22.5 Å². The molecule has 11 heteroatoms. The van der Waals surface area contributed by atoms with E-state index in [2.05, 4.69) is 15.8 Å². The van der Waals surface area contributed by atoms with Crippen LogP contribution in [0.3, 0.4) is 0 Å². The molecule has 0 fully saturated rings. The SMILES string of the molecule is COc1ccccc1NCC(=O)N/N=C\c1ccc(OC(C)=O)c(OC)c1[N+](=O)[O-]. The Bertz CT molecular complexity index is 975. The van der Waals surface area contributed by atoms with E-state index >= 15 is 0 Å². The second-order valence-corrected chi connectivity index (χ2v) is 5.73. The summed E-state index contributed by atoms with van der Waals surface area (Å²) in [6, 6.07) is 9.72. The first kappa shape index (κ1) is 22.1. The van der Waals surface area contributed by atoms with Crippen LogP contribution in [-0.2, 0) is 9.59 Å². The molecule has 30 heavy (non-hydrogen) atoms. The first-order valence-electron chi connectivity index (χ1n) is 8.60. The highest BCUT2D eigenvalue weighted by atomic mass is 16.6. The van der Waals surface area contributed by atoms with Gasteiger partial charge in [0.05, 0.1) is 43.2 Å². The van der Waals surface area contributed by atoms with Gasteiger partial charge in [-0.05, 0) is 24.3 Å². The summed E-state index contributed by atoms with van der Waals surface area (Å²) in [4.78, 5) is 33.9. The van der Waals surface area contributed by atoms with Gasteiger partial charge >= 0.3 is 11.7 Å². The molecule has 158 valence electrons. The summed E-state index contributed by atoms with van der Waals surface area (Å²) in [5.41, 5.74) is 2.48. The minimum Gasteiger partial charge on any atom is -0.495 e. The highest BCUT2D eigenvalue weighted by Crippen LogP contribution is 2.39. The molecule has 2 aromatic carbocycles. The fourth-order valence-corrected chi connectivity index (χ4v) is 2.47. The highest BCUT2D eigenvalue weighted by Gasteiger charge is 2.25. The number of anilines is 1. The van der Waals surface area contributed by atoms with Crippen LogP contribution in [-0.4, -0.2) is 43.8 Å². The number of nitro groups is 1. The third-order valence-electron chi connectivity index (χ3n) is 3.71. The lowest BCUT2D eigenvalue weighted by Gasteiger charge is -2.10. The smallest absolute Gasteiger partial charge is 0.323 e. The zero-order valence-electron chi connectivity index (χ0n) is 16.5. The summed E-state index contributed by atoms with van der Waals surface area (Å²) in [6.07, 6.45) is 1.10. The average Bonchev–Trinajstić information content (AvgIpc) is 2.72. The fraction of sp³-hybridized carbons (Fsp3) is 0.211. The Kier molecular flexibility index (Phi) is 7.68. The van der Waals surface area contributed by atoms with E-state index in [9.17, 15) is 19.7 Å². The molecule has 0 heterocycles. The Hall–Kier alpha value is -4.15. The number of hydrazone groups is 1. The molecule has 0 saturated carbocycles. The number of hydrogen-bond donors (Lipinski definition) is 2. The van der Waals surface area contributed by atoms with Crippen LogP contribution in [0.4, 0.5) is 11.4 Å². The Morgan fingerprint density at radius 2 is 1.87 bits per heavy atom. The minimum absolute atomic E-state index is 0.0470. The predicted octanol–water partition coefficient (Wildman–Crippen LogP) is 2.10. The molecule has 2 aromatic rings. The van der Waals surface area contributed by atoms with Crippen LogP contribution in [0.5, 0.6) is 17.2 Å². The molecule has 0 spiro atoms. The number of para-hydroxylation sites is 2. The van der Waals surface area contributed by atoms with Gasteiger partial charge in [-0.15, -0.1) is 0 Å². The van der Waals surface area contributed by atoms with E-state index in [1.807, 2.05) is 0 Å². The van der Waals surface area contributed by atoms with Gasteiger partial charge in [0.1, 0.15) is 5.75 Å².